The third-order valence-corrected chi connectivity index (χ3v) is 3.23. The second-order valence-corrected chi connectivity index (χ2v) is 5.03. The topological polar surface area (TPSA) is 93.6 Å². The summed E-state index contributed by atoms with van der Waals surface area (Å²) >= 11 is 0. The summed E-state index contributed by atoms with van der Waals surface area (Å²) in [5.41, 5.74) is 0.382. The zero-order chi connectivity index (χ0) is 16.7. The maximum absolute atomic E-state index is 11.9. The maximum atomic E-state index is 11.9. The summed E-state index contributed by atoms with van der Waals surface area (Å²) in [6, 6.07) is 9.60. The first kappa shape index (κ1) is 17.1. The quantitative estimate of drug-likeness (QED) is 0.742. The molecule has 7 nitrogen and oxygen atoms in total. The fraction of sp³-hybridized carbons (Fsp3) is 0.375. The Kier molecular flexibility index (Phi) is 6.28. The van der Waals surface area contributed by atoms with E-state index in [2.05, 4.69) is 4.98 Å². The molecule has 0 aliphatic carbocycles. The van der Waals surface area contributed by atoms with Gasteiger partial charge >= 0.3 is 5.69 Å². The number of nitrogens with one attached hydrogen (secondary N) is 1. The molecule has 1 aromatic carbocycles. The molecule has 0 aliphatic rings. The Bertz CT molecular complexity index is 723. The molecule has 2 rings (SSSR count). The van der Waals surface area contributed by atoms with Crippen molar-refractivity contribution in [1.29, 1.82) is 0 Å². The van der Waals surface area contributed by atoms with Crippen LogP contribution in [0.2, 0.25) is 0 Å². The summed E-state index contributed by atoms with van der Waals surface area (Å²) in [6.07, 6.45) is 0.698. The molecule has 23 heavy (non-hydrogen) atoms. The molecule has 0 saturated heterocycles. The summed E-state index contributed by atoms with van der Waals surface area (Å²) < 4.78 is 12.3. The molecule has 0 saturated carbocycles. The molecule has 0 fully saturated rings. The number of aromatic nitrogens is 2. The minimum absolute atomic E-state index is 0.0595. The van der Waals surface area contributed by atoms with Crippen LogP contribution in [0.1, 0.15) is 17.4 Å². The van der Waals surface area contributed by atoms with Gasteiger partial charge in [-0.25, -0.2) is 4.79 Å². The van der Waals surface area contributed by atoms with Crippen molar-refractivity contribution in [2.75, 3.05) is 19.8 Å². The standard InChI is InChI=1S/C16H20N2O5/c1-12-9-18(16(21)17-15(12)20)14(23-8-7-19)11-22-10-13-5-3-2-4-6-13/h2-6,9,14,19H,7-8,10-11H2,1H3,(H,17,20,21). The molecule has 2 aromatic rings. The lowest BCUT2D eigenvalue weighted by Crippen LogP contribution is -2.36. The van der Waals surface area contributed by atoms with E-state index in [0.717, 1.165) is 5.56 Å². The minimum Gasteiger partial charge on any atom is -0.394 e. The van der Waals surface area contributed by atoms with Crippen molar-refractivity contribution in [3.05, 3.63) is 68.5 Å². The van der Waals surface area contributed by atoms with Crippen molar-refractivity contribution in [2.45, 2.75) is 19.8 Å². The van der Waals surface area contributed by atoms with E-state index in [1.807, 2.05) is 30.3 Å². The molecule has 1 heterocycles. The number of rotatable bonds is 8. The van der Waals surface area contributed by atoms with Gasteiger partial charge in [0.15, 0.2) is 6.23 Å². The SMILES string of the molecule is Cc1cn(C(COCc2ccccc2)OCCO)c(=O)[nH]c1=O. The third kappa shape index (κ3) is 4.88. The number of H-pyrrole nitrogens is 1. The van der Waals surface area contributed by atoms with E-state index >= 15 is 0 Å². The summed E-state index contributed by atoms with van der Waals surface area (Å²) in [6.45, 7) is 1.97. The molecule has 0 bridgehead atoms. The summed E-state index contributed by atoms with van der Waals surface area (Å²) in [5.74, 6) is 0. The van der Waals surface area contributed by atoms with E-state index in [1.165, 1.54) is 10.8 Å². The van der Waals surface area contributed by atoms with E-state index in [9.17, 15) is 9.59 Å². The fourth-order valence-electron chi connectivity index (χ4n) is 2.05. The highest BCUT2D eigenvalue weighted by atomic mass is 16.5. The molecule has 0 spiro atoms. The van der Waals surface area contributed by atoms with Gasteiger partial charge in [-0.15, -0.1) is 0 Å². The molecule has 124 valence electrons. The van der Waals surface area contributed by atoms with Gasteiger partial charge in [0, 0.05) is 11.8 Å². The number of hydrogen-bond donors (Lipinski definition) is 2. The van der Waals surface area contributed by atoms with E-state index in [1.54, 1.807) is 6.92 Å². The van der Waals surface area contributed by atoms with Crippen molar-refractivity contribution in [1.82, 2.24) is 9.55 Å². The fourth-order valence-corrected chi connectivity index (χ4v) is 2.05. The Morgan fingerprint density at radius 1 is 1.26 bits per heavy atom. The van der Waals surface area contributed by atoms with Gasteiger partial charge in [0.1, 0.15) is 0 Å². The van der Waals surface area contributed by atoms with Gasteiger partial charge in [0.05, 0.1) is 26.4 Å². The Balaban J connectivity index is 2.09. The molecule has 0 amide bonds. The van der Waals surface area contributed by atoms with Crippen molar-refractivity contribution in [3.8, 4) is 0 Å². The average molecular weight is 320 g/mol. The monoisotopic (exact) mass is 320 g/mol. The van der Waals surface area contributed by atoms with Crippen molar-refractivity contribution in [3.63, 3.8) is 0 Å². The molecule has 1 unspecified atom stereocenters. The predicted octanol–water partition coefficient (Wildman–Crippen LogP) is 0.569. The molecular formula is C16H20N2O5. The first-order valence-electron chi connectivity index (χ1n) is 7.28. The molecule has 1 atom stereocenters. The number of ether oxygens (including phenoxy) is 2. The van der Waals surface area contributed by atoms with Crippen molar-refractivity contribution < 1.29 is 14.6 Å². The van der Waals surface area contributed by atoms with Crippen molar-refractivity contribution in [2.24, 2.45) is 0 Å². The van der Waals surface area contributed by atoms with Crippen molar-refractivity contribution >= 4 is 0 Å². The number of benzene rings is 1. The van der Waals surface area contributed by atoms with Crippen LogP contribution in [-0.4, -0.2) is 34.5 Å². The lowest BCUT2D eigenvalue weighted by Gasteiger charge is -2.20. The molecular weight excluding hydrogens is 300 g/mol. The Labute approximate surface area is 133 Å². The van der Waals surface area contributed by atoms with Gasteiger partial charge in [-0.05, 0) is 12.5 Å². The van der Waals surface area contributed by atoms with Crippen LogP contribution in [0.25, 0.3) is 0 Å². The van der Waals surface area contributed by atoms with Crippen LogP contribution in [0.15, 0.2) is 46.1 Å². The van der Waals surface area contributed by atoms with Gasteiger partial charge in [-0.3, -0.25) is 14.3 Å². The first-order valence-corrected chi connectivity index (χ1v) is 7.28. The van der Waals surface area contributed by atoms with Crippen LogP contribution in [0.4, 0.5) is 0 Å². The number of aryl methyl sites for hydroxylation is 1. The number of aromatic amines is 1. The molecule has 1 aromatic heterocycles. The van der Waals surface area contributed by atoms with Gasteiger partial charge in [-0.2, -0.15) is 0 Å². The van der Waals surface area contributed by atoms with E-state index in [-0.39, 0.29) is 19.8 Å². The Morgan fingerprint density at radius 3 is 2.70 bits per heavy atom. The molecule has 2 N–H and O–H groups in total. The van der Waals surface area contributed by atoms with Gasteiger partial charge in [0.25, 0.3) is 5.56 Å². The highest BCUT2D eigenvalue weighted by molar-refractivity contribution is 5.13. The Morgan fingerprint density at radius 2 is 2.00 bits per heavy atom. The molecule has 7 heteroatoms. The van der Waals surface area contributed by atoms with Gasteiger partial charge in [0.2, 0.25) is 0 Å². The second-order valence-electron chi connectivity index (χ2n) is 5.03. The van der Waals surface area contributed by atoms with Crippen LogP contribution in [0.5, 0.6) is 0 Å². The molecule has 0 radical (unpaired) electrons. The van der Waals surface area contributed by atoms with Crippen LogP contribution < -0.4 is 11.2 Å². The second kappa shape index (κ2) is 8.42. The number of hydrogen-bond acceptors (Lipinski definition) is 5. The predicted molar refractivity (Wildman–Crippen MR) is 84.2 cm³/mol. The minimum atomic E-state index is -0.728. The zero-order valence-electron chi connectivity index (χ0n) is 12.9. The first-order chi connectivity index (χ1) is 11.1. The van der Waals surface area contributed by atoms with Crippen LogP contribution in [0.3, 0.4) is 0 Å². The normalized spacial score (nSPS) is 12.3. The smallest absolute Gasteiger partial charge is 0.330 e. The van der Waals surface area contributed by atoms with Gasteiger partial charge < -0.3 is 14.6 Å². The largest absolute Gasteiger partial charge is 0.394 e. The molecule has 0 aliphatic heterocycles. The van der Waals surface area contributed by atoms with Crippen LogP contribution >= 0.6 is 0 Å². The maximum Gasteiger partial charge on any atom is 0.330 e. The number of nitrogens with zero attached hydrogens (tertiary/aromatic N) is 1. The Hall–Kier alpha value is -2.22. The van der Waals surface area contributed by atoms with E-state index < -0.39 is 17.5 Å². The third-order valence-electron chi connectivity index (χ3n) is 3.23. The number of aliphatic hydroxyl groups excluding tert-OH is 1. The van der Waals surface area contributed by atoms with E-state index in [0.29, 0.717) is 12.2 Å². The summed E-state index contributed by atoms with van der Waals surface area (Å²) in [5, 5.41) is 8.92. The highest BCUT2D eigenvalue weighted by Gasteiger charge is 2.15. The zero-order valence-corrected chi connectivity index (χ0v) is 12.9. The number of aliphatic hydroxyl groups is 1. The highest BCUT2D eigenvalue weighted by Crippen LogP contribution is 2.09. The lowest BCUT2D eigenvalue weighted by atomic mass is 10.2. The lowest BCUT2D eigenvalue weighted by molar-refractivity contribution is -0.0726. The van der Waals surface area contributed by atoms with Crippen LogP contribution in [-0.2, 0) is 16.1 Å². The van der Waals surface area contributed by atoms with Gasteiger partial charge in [-0.1, -0.05) is 30.3 Å². The summed E-state index contributed by atoms with van der Waals surface area (Å²) in [7, 11) is 0. The van der Waals surface area contributed by atoms with E-state index in [4.69, 9.17) is 14.6 Å². The summed E-state index contributed by atoms with van der Waals surface area (Å²) in [4.78, 5) is 25.6. The van der Waals surface area contributed by atoms with Crippen LogP contribution in [0, 0.1) is 6.92 Å². The average Bonchev–Trinajstić information content (AvgIpc) is 2.55.